The summed E-state index contributed by atoms with van der Waals surface area (Å²) in [5.41, 5.74) is 16.1. The van der Waals surface area contributed by atoms with E-state index in [4.69, 9.17) is 39.6 Å². The molecule has 0 bridgehead atoms. The molecule has 1 aliphatic heterocycles. The molecule has 1 aromatic heterocycles. The summed E-state index contributed by atoms with van der Waals surface area (Å²) in [5.74, 6) is -1.29. The number of aromatic nitrogens is 2. The number of likely N-dealkylation sites (tertiary alicyclic amines) is 1. The van der Waals surface area contributed by atoms with Gasteiger partial charge in [0, 0.05) is 38.6 Å². The fourth-order valence-electron chi connectivity index (χ4n) is 3.41. The minimum atomic E-state index is -0.700. The van der Waals surface area contributed by atoms with Crippen molar-refractivity contribution in [1.82, 2.24) is 36.1 Å². The summed E-state index contributed by atoms with van der Waals surface area (Å²) >= 11 is 5.77. The highest BCUT2D eigenvalue weighted by atomic mass is 35.5. The maximum atomic E-state index is 12.2. The van der Waals surface area contributed by atoms with Gasteiger partial charge in [0.15, 0.2) is 34.4 Å². The van der Waals surface area contributed by atoms with E-state index < -0.39 is 5.91 Å². The van der Waals surface area contributed by atoms with E-state index in [-0.39, 0.29) is 52.8 Å². The van der Waals surface area contributed by atoms with Gasteiger partial charge in [0.05, 0.1) is 0 Å². The maximum Gasteiger partial charge on any atom is 0.280 e. The minimum Gasteiger partial charge on any atom is -0.382 e. The van der Waals surface area contributed by atoms with Crippen molar-refractivity contribution in [2.24, 2.45) is 5.73 Å². The maximum absolute atomic E-state index is 12.2. The smallest absolute Gasteiger partial charge is 0.280 e. The molecule has 0 saturated carbocycles. The summed E-state index contributed by atoms with van der Waals surface area (Å²) in [6.45, 7) is 3.60. The molecule has 0 atom stereocenters. The number of guanidine groups is 2. The molecule has 2 amide bonds. The number of nitrogens with two attached hydrogens (primary N) is 3. The number of halogens is 1. The van der Waals surface area contributed by atoms with Crippen LogP contribution in [0.5, 0.6) is 0 Å². The van der Waals surface area contributed by atoms with Gasteiger partial charge in [0.25, 0.3) is 5.91 Å². The Morgan fingerprint density at radius 1 is 1.06 bits per heavy atom. The molecule has 0 spiro atoms. The third-order valence-electron chi connectivity index (χ3n) is 5.18. The van der Waals surface area contributed by atoms with Crippen LogP contribution in [0.2, 0.25) is 5.15 Å². The average molecular weight is 497 g/mol. The predicted octanol–water partition coefficient (Wildman–Crippen LogP) is -1.22. The van der Waals surface area contributed by atoms with Gasteiger partial charge in [-0.3, -0.25) is 25.7 Å². The van der Waals surface area contributed by atoms with Gasteiger partial charge in [-0.25, -0.2) is 9.97 Å². The van der Waals surface area contributed by atoms with E-state index in [1.54, 1.807) is 0 Å². The summed E-state index contributed by atoms with van der Waals surface area (Å²) in [5, 5.41) is 25.6. The number of carbonyl (C=O) groups is 2. The van der Waals surface area contributed by atoms with Crippen LogP contribution in [0, 0.1) is 10.8 Å². The number of amides is 2. The number of anilines is 2. The Balaban J connectivity index is 1.56. The van der Waals surface area contributed by atoms with Gasteiger partial charge in [-0.1, -0.05) is 11.6 Å². The molecule has 0 unspecified atom stereocenters. The lowest BCUT2D eigenvalue weighted by Gasteiger charge is -2.32. The molecule has 0 aliphatic carbocycles. The van der Waals surface area contributed by atoms with Crippen LogP contribution in [-0.4, -0.2) is 77.4 Å². The summed E-state index contributed by atoms with van der Waals surface area (Å²) in [6.07, 6.45) is 3.81. The molecular formula is C19H33ClN12O2. The Hall–Kier alpha value is -3.39. The Kier molecular flexibility index (Phi) is 10.5. The largest absolute Gasteiger partial charge is 0.382 e. The van der Waals surface area contributed by atoms with Crippen LogP contribution in [0.3, 0.4) is 0 Å². The molecule has 14 nitrogen and oxygen atoms in total. The fraction of sp³-hybridized carbons (Fsp3) is 0.579. The zero-order chi connectivity index (χ0) is 25.1. The molecule has 2 rings (SSSR count). The van der Waals surface area contributed by atoms with Crippen molar-refractivity contribution in [1.29, 1.82) is 10.8 Å². The molecule has 1 fully saturated rings. The molecule has 188 valence electrons. The summed E-state index contributed by atoms with van der Waals surface area (Å²) in [6, 6.07) is 0.168. The molecule has 34 heavy (non-hydrogen) atoms. The van der Waals surface area contributed by atoms with Crippen LogP contribution in [0.15, 0.2) is 0 Å². The van der Waals surface area contributed by atoms with E-state index in [9.17, 15) is 9.59 Å². The lowest BCUT2D eigenvalue weighted by molar-refractivity contribution is -0.121. The zero-order valence-electron chi connectivity index (χ0n) is 18.9. The topological polar surface area (TPSA) is 237 Å². The molecule has 2 heterocycles. The zero-order valence-corrected chi connectivity index (χ0v) is 19.7. The molecule has 15 heteroatoms. The highest BCUT2D eigenvalue weighted by Gasteiger charge is 2.20. The highest BCUT2D eigenvalue weighted by molar-refractivity contribution is 6.31. The molecule has 1 aliphatic rings. The molecule has 0 aromatic carbocycles. The van der Waals surface area contributed by atoms with Crippen molar-refractivity contribution in [3.63, 3.8) is 0 Å². The summed E-state index contributed by atoms with van der Waals surface area (Å²) < 4.78 is 0. The van der Waals surface area contributed by atoms with Crippen LogP contribution in [0.4, 0.5) is 11.6 Å². The van der Waals surface area contributed by atoms with Gasteiger partial charge in [-0.05, 0) is 32.2 Å². The van der Waals surface area contributed by atoms with Gasteiger partial charge in [0.2, 0.25) is 5.91 Å². The average Bonchev–Trinajstić information content (AvgIpc) is 2.76. The van der Waals surface area contributed by atoms with Crippen molar-refractivity contribution in [3.05, 3.63) is 10.8 Å². The first-order chi connectivity index (χ1) is 16.2. The van der Waals surface area contributed by atoms with E-state index in [0.717, 1.165) is 45.3 Å². The minimum absolute atomic E-state index is 0.0398. The van der Waals surface area contributed by atoms with Crippen LogP contribution in [-0.2, 0) is 4.79 Å². The second-order valence-corrected chi connectivity index (χ2v) is 8.23. The first-order valence-corrected chi connectivity index (χ1v) is 11.4. The lowest BCUT2D eigenvalue weighted by atomic mass is 10.0. The van der Waals surface area contributed by atoms with Crippen LogP contribution >= 0.6 is 11.6 Å². The number of nitrogens with one attached hydrogen (secondary N) is 6. The van der Waals surface area contributed by atoms with Crippen LogP contribution in [0.25, 0.3) is 0 Å². The Morgan fingerprint density at radius 2 is 1.76 bits per heavy atom. The van der Waals surface area contributed by atoms with Gasteiger partial charge < -0.3 is 38.1 Å². The molecule has 12 N–H and O–H groups in total. The number of unbranched alkanes of at least 4 members (excludes halogenated alkanes) is 1. The van der Waals surface area contributed by atoms with E-state index in [1.165, 1.54) is 0 Å². The first-order valence-electron chi connectivity index (χ1n) is 11.0. The number of hydrogen-bond donors (Lipinski definition) is 9. The number of rotatable bonds is 10. The summed E-state index contributed by atoms with van der Waals surface area (Å²) in [4.78, 5) is 34.0. The predicted molar refractivity (Wildman–Crippen MR) is 130 cm³/mol. The Labute approximate surface area is 202 Å². The fourth-order valence-corrected chi connectivity index (χ4v) is 3.54. The van der Waals surface area contributed by atoms with E-state index >= 15 is 0 Å². The standard InChI is InChI=1S/C19H33ClN12O2/c20-14-16(22)30-15(21)13(29-14)17(34)31-19(25)27-6-1-2-8-32-9-4-11(5-10-32)28-12(33)3-7-26-18(23)24/h11H,1-10H2,(H,28,33)(H4,21,22,30)(H4,23,24,26)(H3,25,27,31,34). The molecule has 1 saturated heterocycles. The number of carbonyl (C=O) groups excluding carboxylic acids is 2. The first kappa shape index (κ1) is 26.9. The summed E-state index contributed by atoms with van der Waals surface area (Å²) in [7, 11) is 0. The monoisotopic (exact) mass is 496 g/mol. The second-order valence-electron chi connectivity index (χ2n) is 7.87. The van der Waals surface area contributed by atoms with Crippen molar-refractivity contribution < 1.29 is 9.59 Å². The molecule has 1 aromatic rings. The Morgan fingerprint density at radius 3 is 2.44 bits per heavy atom. The van der Waals surface area contributed by atoms with E-state index in [0.29, 0.717) is 13.1 Å². The van der Waals surface area contributed by atoms with Gasteiger partial charge >= 0.3 is 0 Å². The van der Waals surface area contributed by atoms with Crippen molar-refractivity contribution in [3.8, 4) is 0 Å². The number of nitrogen functional groups attached to an aromatic ring is 2. The second kappa shape index (κ2) is 13.3. The lowest BCUT2D eigenvalue weighted by Crippen LogP contribution is -2.45. The van der Waals surface area contributed by atoms with Gasteiger partial charge in [-0.15, -0.1) is 0 Å². The number of nitrogens with zero attached hydrogens (tertiary/aromatic N) is 3. The number of piperidine rings is 1. The normalized spacial score (nSPS) is 14.3. The van der Waals surface area contributed by atoms with E-state index in [2.05, 4.69) is 36.1 Å². The SMILES string of the molecule is N=C(N)NCCC(=O)NC1CCN(CCCCNC(=N)NC(=O)c2nc(Cl)c(N)nc2N)CC1. The molecular weight excluding hydrogens is 464 g/mol. The van der Waals surface area contributed by atoms with Crippen molar-refractivity contribution >= 4 is 47.0 Å². The van der Waals surface area contributed by atoms with Crippen LogP contribution in [0.1, 0.15) is 42.6 Å². The highest BCUT2D eigenvalue weighted by Crippen LogP contribution is 2.17. The quantitative estimate of drug-likeness (QED) is 0.106. The van der Waals surface area contributed by atoms with Gasteiger partial charge in [0.1, 0.15) is 0 Å². The van der Waals surface area contributed by atoms with E-state index in [1.807, 2.05) is 0 Å². The molecule has 0 radical (unpaired) electrons. The number of hydrogen-bond acceptors (Lipinski definition) is 9. The third kappa shape index (κ3) is 9.23. The Bertz CT molecular complexity index is 888. The third-order valence-corrected chi connectivity index (χ3v) is 5.46. The van der Waals surface area contributed by atoms with Crippen LogP contribution < -0.4 is 38.5 Å². The van der Waals surface area contributed by atoms with Gasteiger partial charge in [-0.2, -0.15) is 0 Å². The van der Waals surface area contributed by atoms with Crippen molar-refractivity contribution in [2.45, 2.75) is 38.1 Å². The van der Waals surface area contributed by atoms with Crippen molar-refractivity contribution in [2.75, 3.05) is 44.2 Å².